The van der Waals surface area contributed by atoms with E-state index in [9.17, 15) is 19.2 Å². The predicted molar refractivity (Wildman–Crippen MR) is 92.4 cm³/mol. The maximum Gasteiger partial charge on any atom is 0.314 e. The van der Waals surface area contributed by atoms with E-state index in [0.29, 0.717) is 25.7 Å². The number of ketones is 2. The molecule has 0 saturated heterocycles. The van der Waals surface area contributed by atoms with Gasteiger partial charge in [-0.25, -0.2) is 0 Å². The molecule has 8 bridgehead atoms. The number of carbonyl (C=O) groups excluding carboxylic acids is 4. The molecule has 28 heavy (non-hydrogen) atoms. The Balaban J connectivity index is 1.60. The lowest BCUT2D eigenvalue weighted by molar-refractivity contribution is -0.184. The van der Waals surface area contributed by atoms with Crippen molar-refractivity contribution in [1.82, 2.24) is 0 Å². The third-order valence-corrected chi connectivity index (χ3v) is 9.59. The van der Waals surface area contributed by atoms with Crippen molar-refractivity contribution in [3.05, 3.63) is 22.3 Å². The van der Waals surface area contributed by atoms with E-state index in [0.717, 1.165) is 22.3 Å². The molecule has 144 valence electrons. The molecular formula is C22H20O6. The molecule has 0 aromatic carbocycles. The fourth-order valence-corrected chi connectivity index (χ4v) is 9.73. The van der Waals surface area contributed by atoms with Gasteiger partial charge in [-0.2, -0.15) is 0 Å². The molecule has 8 aliphatic rings. The van der Waals surface area contributed by atoms with E-state index in [4.69, 9.17) is 9.47 Å². The summed E-state index contributed by atoms with van der Waals surface area (Å²) >= 11 is 0. The molecule has 0 amide bonds. The van der Waals surface area contributed by atoms with Gasteiger partial charge in [-0.15, -0.1) is 0 Å². The molecule has 0 radical (unpaired) electrons. The summed E-state index contributed by atoms with van der Waals surface area (Å²) in [7, 11) is 2.74. The number of allylic oxidation sites excluding steroid dienone is 4. The van der Waals surface area contributed by atoms with Gasteiger partial charge in [0.2, 0.25) is 0 Å². The molecule has 0 spiro atoms. The Morgan fingerprint density at radius 3 is 1.50 bits per heavy atom. The summed E-state index contributed by atoms with van der Waals surface area (Å²) in [5.74, 6) is -1.17. The molecule has 0 aromatic heterocycles. The van der Waals surface area contributed by atoms with Crippen molar-refractivity contribution in [1.29, 1.82) is 0 Å². The molecule has 4 fully saturated rings. The van der Waals surface area contributed by atoms with Gasteiger partial charge < -0.3 is 9.47 Å². The third kappa shape index (κ3) is 1.04. The molecular weight excluding hydrogens is 360 g/mol. The van der Waals surface area contributed by atoms with Crippen LogP contribution in [0, 0.1) is 46.3 Å². The SMILES string of the molecule is COC(=O)C12[C@@H]3C4=C(CCC4=O)[C@H]4[C@@H]3[C@H]3[C@@H]1C1=C(CCC1=O)[C@@H]3C42C(=O)OC. The lowest BCUT2D eigenvalue weighted by atomic mass is 9.48. The van der Waals surface area contributed by atoms with Crippen LogP contribution in [0.15, 0.2) is 22.3 Å². The fraction of sp³-hybridized carbons (Fsp3) is 0.636. The van der Waals surface area contributed by atoms with Crippen molar-refractivity contribution in [3.8, 4) is 0 Å². The number of methoxy groups -OCH3 is 2. The predicted octanol–water partition coefficient (Wildman–Crippen LogP) is 1.39. The van der Waals surface area contributed by atoms with Crippen LogP contribution in [0.1, 0.15) is 25.7 Å². The second-order valence-electron chi connectivity index (χ2n) is 9.51. The summed E-state index contributed by atoms with van der Waals surface area (Å²) in [6, 6.07) is 0. The summed E-state index contributed by atoms with van der Waals surface area (Å²) in [5.41, 5.74) is 1.65. The van der Waals surface area contributed by atoms with Crippen LogP contribution in [0.4, 0.5) is 0 Å². The Bertz CT molecular complexity index is 968. The van der Waals surface area contributed by atoms with Gasteiger partial charge in [0.15, 0.2) is 11.6 Å². The average Bonchev–Trinajstić information content (AvgIpc) is 3.49. The molecule has 6 nitrogen and oxygen atoms in total. The fourth-order valence-electron chi connectivity index (χ4n) is 9.73. The van der Waals surface area contributed by atoms with Gasteiger partial charge in [0.05, 0.1) is 25.0 Å². The number of Topliss-reactive ketones (excluding diaryl/α,β-unsaturated/α-hetero) is 2. The van der Waals surface area contributed by atoms with E-state index in [1.165, 1.54) is 14.2 Å². The van der Waals surface area contributed by atoms with Crippen LogP contribution in [0.25, 0.3) is 0 Å². The van der Waals surface area contributed by atoms with Crippen molar-refractivity contribution in [3.63, 3.8) is 0 Å². The second-order valence-corrected chi connectivity index (χ2v) is 9.51. The summed E-state index contributed by atoms with van der Waals surface area (Å²) in [6.07, 6.45) is 2.31. The zero-order chi connectivity index (χ0) is 19.3. The first-order valence-corrected chi connectivity index (χ1v) is 10.2. The van der Waals surface area contributed by atoms with Crippen molar-refractivity contribution in [2.75, 3.05) is 14.2 Å². The van der Waals surface area contributed by atoms with Crippen LogP contribution in [-0.4, -0.2) is 37.7 Å². The molecule has 8 rings (SSSR count). The molecule has 0 aliphatic heterocycles. The van der Waals surface area contributed by atoms with Gasteiger partial charge in [-0.1, -0.05) is 11.1 Å². The largest absolute Gasteiger partial charge is 0.469 e. The highest BCUT2D eigenvalue weighted by molar-refractivity contribution is 6.10. The smallest absolute Gasteiger partial charge is 0.314 e. The highest BCUT2D eigenvalue weighted by Gasteiger charge is 2.98. The van der Waals surface area contributed by atoms with Gasteiger partial charge in [0.1, 0.15) is 0 Å². The van der Waals surface area contributed by atoms with E-state index in [2.05, 4.69) is 0 Å². The zero-order valence-corrected chi connectivity index (χ0v) is 15.7. The van der Waals surface area contributed by atoms with Crippen LogP contribution in [0.3, 0.4) is 0 Å². The first-order valence-electron chi connectivity index (χ1n) is 10.2. The van der Waals surface area contributed by atoms with Gasteiger partial charge in [-0.05, 0) is 35.8 Å². The standard InChI is InChI=1S/C22H20O6/c1-27-19(25)21-15-7-3-5-9(23)11(7)17-13(15)14-16(21)8-4-6-10(24)12(8)18(14)22(17,21)20(26)28-2/h13-18H,3-6H2,1-2H3/t13-,14+,15-,16-,17+,18-,21?,22?/m0/s1. The number of esters is 2. The van der Waals surface area contributed by atoms with Gasteiger partial charge >= 0.3 is 11.9 Å². The van der Waals surface area contributed by atoms with Gasteiger partial charge in [0, 0.05) is 36.5 Å². The second kappa shape index (κ2) is 4.19. The Morgan fingerprint density at radius 2 is 1.11 bits per heavy atom. The Kier molecular flexibility index (Phi) is 2.34. The number of hydrogen-bond donors (Lipinski definition) is 0. The molecule has 0 heterocycles. The molecule has 8 aliphatic carbocycles. The first-order chi connectivity index (χ1) is 13.5. The maximum absolute atomic E-state index is 13.5. The first kappa shape index (κ1) is 15.7. The summed E-state index contributed by atoms with van der Waals surface area (Å²) in [6.45, 7) is 0. The minimum absolute atomic E-state index is 0.0841. The molecule has 0 N–H and O–H groups in total. The Hall–Kier alpha value is -2.24. The summed E-state index contributed by atoms with van der Waals surface area (Å²) < 4.78 is 10.7. The summed E-state index contributed by atoms with van der Waals surface area (Å²) in [5, 5.41) is 0. The maximum atomic E-state index is 13.5. The van der Waals surface area contributed by atoms with E-state index in [1.54, 1.807) is 0 Å². The van der Waals surface area contributed by atoms with E-state index < -0.39 is 16.8 Å². The highest BCUT2D eigenvalue weighted by Crippen LogP contribution is 2.95. The normalized spacial score (nSPS) is 50.4. The van der Waals surface area contributed by atoms with E-state index in [-0.39, 0.29) is 53.0 Å². The monoisotopic (exact) mass is 380 g/mol. The number of carbonyl (C=O) groups is 4. The van der Waals surface area contributed by atoms with Crippen LogP contribution >= 0.6 is 0 Å². The van der Waals surface area contributed by atoms with Crippen LogP contribution < -0.4 is 0 Å². The molecule has 2 unspecified atom stereocenters. The Morgan fingerprint density at radius 1 is 0.714 bits per heavy atom. The van der Waals surface area contributed by atoms with E-state index >= 15 is 0 Å². The number of hydrogen-bond acceptors (Lipinski definition) is 6. The highest BCUT2D eigenvalue weighted by atomic mass is 16.5. The summed E-state index contributed by atoms with van der Waals surface area (Å²) in [4.78, 5) is 52.6. The van der Waals surface area contributed by atoms with Crippen molar-refractivity contribution < 1.29 is 28.7 Å². The molecule has 4 saturated carbocycles. The molecule has 8 atom stereocenters. The van der Waals surface area contributed by atoms with Crippen molar-refractivity contribution in [2.45, 2.75) is 25.7 Å². The van der Waals surface area contributed by atoms with Crippen LogP contribution in [0.2, 0.25) is 0 Å². The molecule has 6 heteroatoms. The van der Waals surface area contributed by atoms with Crippen molar-refractivity contribution >= 4 is 23.5 Å². The number of rotatable bonds is 2. The molecule has 0 aromatic rings. The van der Waals surface area contributed by atoms with Gasteiger partial charge in [-0.3, -0.25) is 19.2 Å². The van der Waals surface area contributed by atoms with Gasteiger partial charge in [0.25, 0.3) is 0 Å². The Labute approximate surface area is 161 Å². The zero-order valence-electron chi connectivity index (χ0n) is 15.7. The average molecular weight is 380 g/mol. The third-order valence-electron chi connectivity index (χ3n) is 9.59. The lowest BCUT2D eigenvalue weighted by Gasteiger charge is -2.51. The quantitative estimate of drug-likeness (QED) is 0.673. The lowest BCUT2D eigenvalue weighted by Crippen LogP contribution is -2.61. The number of ether oxygens (including phenoxy) is 2. The minimum atomic E-state index is -1.14. The van der Waals surface area contributed by atoms with E-state index in [1.807, 2.05) is 0 Å². The van der Waals surface area contributed by atoms with Crippen molar-refractivity contribution in [2.24, 2.45) is 46.3 Å². The van der Waals surface area contributed by atoms with Crippen LogP contribution in [0.5, 0.6) is 0 Å². The topological polar surface area (TPSA) is 86.7 Å². The minimum Gasteiger partial charge on any atom is -0.469 e. The van der Waals surface area contributed by atoms with Crippen LogP contribution in [-0.2, 0) is 28.7 Å².